The van der Waals surface area contributed by atoms with Crippen molar-refractivity contribution >= 4 is 0 Å². The summed E-state index contributed by atoms with van der Waals surface area (Å²) in [4.78, 5) is 0. The van der Waals surface area contributed by atoms with Crippen molar-refractivity contribution in [3.8, 4) is 0 Å². The Bertz CT molecular complexity index is 166. The summed E-state index contributed by atoms with van der Waals surface area (Å²) in [6.07, 6.45) is 7.84. The SMILES string of the molecule is C1CCNCC1.Cc1cn[nH]c1. The molecule has 0 aliphatic carbocycles. The molecule has 1 aliphatic heterocycles. The molecule has 3 heteroatoms. The molecular weight excluding hydrogens is 150 g/mol. The maximum Gasteiger partial charge on any atom is 0.0516 e. The van der Waals surface area contributed by atoms with Crippen LogP contribution >= 0.6 is 0 Å². The Labute approximate surface area is 73.6 Å². The van der Waals surface area contributed by atoms with Gasteiger partial charge in [-0.15, -0.1) is 0 Å². The van der Waals surface area contributed by atoms with E-state index in [4.69, 9.17) is 0 Å². The third kappa shape index (κ3) is 4.13. The van der Waals surface area contributed by atoms with Crippen LogP contribution < -0.4 is 5.32 Å². The minimum Gasteiger partial charge on any atom is -0.317 e. The summed E-state index contributed by atoms with van der Waals surface area (Å²) in [5.41, 5.74) is 1.18. The summed E-state index contributed by atoms with van der Waals surface area (Å²) in [6, 6.07) is 0. The van der Waals surface area contributed by atoms with Gasteiger partial charge in [0, 0.05) is 6.20 Å². The first-order chi connectivity index (χ1) is 5.89. The van der Waals surface area contributed by atoms with Crippen LogP contribution in [0.4, 0.5) is 0 Å². The molecule has 0 saturated carbocycles. The predicted molar refractivity (Wildman–Crippen MR) is 50.0 cm³/mol. The minimum absolute atomic E-state index is 1.18. The Morgan fingerprint density at radius 1 is 1.25 bits per heavy atom. The molecule has 1 aromatic rings. The fourth-order valence-electron chi connectivity index (χ4n) is 1.12. The fourth-order valence-corrected chi connectivity index (χ4v) is 1.12. The maximum absolute atomic E-state index is 3.70. The highest BCUT2D eigenvalue weighted by atomic mass is 15.1. The predicted octanol–water partition coefficient (Wildman–Crippen LogP) is 1.48. The van der Waals surface area contributed by atoms with Crippen molar-refractivity contribution in [2.24, 2.45) is 0 Å². The lowest BCUT2D eigenvalue weighted by atomic mass is 10.2. The lowest BCUT2D eigenvalue weighted by Gasteiger charge is -2.08. The molecule has 3 nitrogen and oxygen atoms in total. The molecule has 1 fully saturated rings. The molecule has 2 rings (SSSR count). The van der Waals surface area contributed by atoms with E-state index in [1.165, 1.54) is 37.9 Å². The molecule has 1 aromatic heterocycles. The normalized spacial score (nSPS) is 16.4. The number of aromatic nitrogens is 2. The number of aromatic amines is 1. The number of nitrogens with zero attached hydrogens (tertiary/aromatic N) is 1. The van der Waals surface area contributed by atoms with Gasteiger partial charge >= 0.3 is 0 Å². The second-order valence-electron chi connectivity index (χ2n) is 3.09. The first kappa shape index (κ1) is 9.26. The van der Waals surface area contributed by atoms with E-state index in [0.29, 0.717) is 0 Å². The molecular formula is C9H17N3. The van der Waals surface area contributed by atoms with E-state index < -0.39 is 0 Å². The van der Waals surface area contributed by atoms with Gasteiger partial charge in [0.25, 0.3) is 0 Å². The average molecular weight is 167 g/mol. The molecule has 0 radical (unpaired) electrons. The number of hydrogen-bond acceptors (Lipinski definition) is 2. The van der Waals surface area contributed by atoms with Gasteiger partial charge in [-0.2, -0.15) is 5.10 Å². The average Bonchev–Trinajstić information content (AvgIpc) is 2.60. The zero-order valence-electron chi connectivity index (χ0n) is 7.64. The van der Waals surface area contributed by atoms with Crippen LogP contribution in [0.25, 0.3) is 0 Å². The van der Waals surface area contributed by atoms with E-state index in [0.717, 1.165) is 0 Å². The highest BCUT2D eigenvalue weighted by molar-refractivity contribution is 4.96. The second kappa shape index (κ2) is 5.77. The van der Waals surface area contributed by atoms with Gasteiger partial charge in [-0.05, 0) is 38.4 Å². The third-order valence-corrected chi connectivity index (χ3v) is 1.84. The van der Waals surface area contributed by atoms with Gasteiger partial charge in [-0.1, -0.05) is 6.42 Å². The summed E-state index contributed by atoms with van der Waals surface area (Å²) in [5.74, 6) is 0. The minimum atomic E-state index is 1.18. The van der Waals surface area contributed by atoms with Gasteiger partial charge in [-0.25, -0.2) is 0 Å². The summed E-state index contributed by atoms with van der Waals surface area (Å²) < 4.78 is 0. The van der Waals surface area contributed by atoms with E-state index in [-0.39, 0.29) is 0 Å². The van der Waals surface area contributed by atoms with Crippen molar-refractivity contribution in [3.63, 3.8) is 0 Å². The molecule has 1 aliphatic rings. The van der Waals surface area contributed by atoms with E-state index >= 15 is 0 Å². The molecule has 0 atom stereocenters. The number of nitrogens with one attached hydrogen (secondary N) is 2. The second-order valence-corrected chi connectivity index (χ2v) is 3.09. The van der Waals surface area contributed by atoms with Gasteiger partial charge in [-0.3, -0.25) is 5.10 Å². The molecule has 0 unspecified atom stereocenters. The lowest BCUT2D eigenvalue weighted by molar-refractivity contribution is 0.520. The lowest BCUT2D eigenvalue weighted by Crippen LogP contribution is -2.21. The first-order valence-electron chi connectivity index (χ1n) is 4.55. The van der Waals surface area contributed by atoms with Crippen LogP contribution in [0.5, 0.6) is 0 Å². The molecule has 68 valence electrons. The molecule has 0 amide bonds. The van der Waals surface area contributed by atoms with Gasteiger partial charge in [0.15, 0.2) is 0 Å². The summed E-state index contributed by atoms with van der Waals surface area (Å²) in [6.45, 7) is 4.49. The molecule has 12 heavy (non-hydrogen) atoms. The Morgan fingerprint density at radius 2 is 2.00 bits per heavy atom. The van der Waals surface area contributed by atoms with E-state index in [9.17, 15) is 0 Å². The van der Waals surface area contributed by atoms with E-state index in [2.05, 4.69) is 15.5 Å². The largest absolute Gasteiger partial charge is 0.317 e. The third-order valence-electron chi connectivity index (χ3n) is 1.84. The zero-order chi connectivity index (χ0) is 8.65. The molecule has 0 aromatic carbocycles. The van der Waals surface area contributed by atoms with Crippen molar-refractivity contribution in [1.29, 1.82) is 0 Å². The Balaban J connectivity index is 0.000000120. The Kier molecular flexibility index (Phi) is 4.46. The van der Waals surface area contributed by atoms with Gasteiger partial charge in [0.2, 0.25) is 0 Å². The van der Waals surface area contributed by atoms with E-state index in [1.54, 1.807) is 6.20 Å². The molecule has 0 spiro atoms. The number of piperidine rings is 1. The molecule has 1 saturated heterocycles. The van der Waals surface area contributed by atoms with Crippen LogP contribution in [0.15, 0.2) is 12.4 Å². The Morgan fingerprint density at radius 3 is 2.17 bits per heavy atom. The summed E-state index contributed by atoms with van der Waals surface area (Å²) >= 11 is 0. The van der Waals surface area contributed by atoms with Crippen LogP contribution in [0.1, 0.15) is 24.8 Å². The number of hydrogen-bond donors (Lipinski definition) is 2. The maximum atomic E-state index is 3.70. The highest BCUT2D eigenvalue weighted by Crippen LogP contribution is 1.96. The quantitative estimate of drug-likeness (QED) is 0.614. The van der Waals surface area contributed by atoms with E-state index in [1.807, 2.05) is 13.1 Å². The topological polar surface area (TPSA) is 40.7 Å². The van der Waals surface area contributed by atoms with Gasteiger partial charge in [0.1, 0.15) is 0 Å². The zero-order valence-corrected chi connectivity index (χ0v) is 7.64. The molecule has 0 bridgehead atoms. The fraction of sp³-hybridized carbons (Fsp3) is 0.667. The monoisotopic (exact) mass is 167 g/mol. The summed E-state index contributed by atoms with van der Waals surface area (Å²) in [5, 5.41) is 9.66. The standard InChI is InChI=1S/C5H11N.C4H6N2/c1-2-4-6-5-3-1;1-4-2-5-6-3-4/h6H,1-5H2;2-3H,1H3,(H,5,6). The smallest absolute Gasteiger partial charge is 0.0516 e. The van der Waals surface area contributed by atoms with Crippen LogP contribution in [-0.4, -0.2) is 23.3 Å². The van der Waals surface area contributed by atoms with Crippen molar-refractivity contribution in [2.45, 2.75) is 26.2 Å². The molecule has 2 heterocycles. The highest BCUT2D eigenvalue weighted by Gasteiger charge is 1.93. The number of aryl methyl sites for hydroxylation is 1. The van der Waals surface area contributed by atoms with Crippen LogP contribution in [0.3, 0.4) is 0 Å². The Hall–Kier alpha value is -0.830. The number of rotatable bonds is 0. The first-order valence-corrected chi connectivity index (χ1v) is 4.55. The summed E-state index contributed by atoms with van der Waals surface area (Å²) in [7, 11) is 0. The van der Waals surface area contributed by atoms with Crippen molar-refractivity contribution in [2.75, 3.05) is 13.1 Å². The van der Waals surface area contributed by atoms with Crippen molar-refractivity contribution < 1.29 is 0 Å². The van der Waals surface area contributed by atoms with Gasteiger partial charge in [0.05, 0.1) is 6.20 Å². The van der Waals surface area contributed by atoms with Gasteiger partial charge < -0.3 is 5.32 Å². The van der Waals surface area contributed by atoms with Crippen LogP contribution in [-0.2, 0) is 0 Å². The van der Waals surface area contributed by atoms with Crippen LogP contribution in [0, 0.1) is 6.92 Å². The van der Waals surface area contributed by atoms with Crippen molar-refractivity contribution in [1.82, 2.24) is 15.5 Å². The van der Waals surface area contributed by atoms with Crippen molar-refractivity contribution in [3.05, 3.63) is 18.0 Å². The molecule has 2 N–H and O–H groups in total. The number of H-pyrrole nitrogens is 1. The van der Waals surface area contributed by atoms with Crippen LogP contribution in [0.2, 0.25) is 0 Å².